The monoisotopic (exact) mass is 201 g/mol. The highest BCUT2D eigenvalue weighted by atomic mass is 35.5. The SMILES string of the molecule is COc1ccc(Cl)c(C(N)CO)c1. The first-order valence-corrected chi connectivity index (χ1v) is 4.26. The molecular weight excluding hydrogens is 190 g/mol. The van der Waals surface area contributed by atoms with Crippen LogP contribution < -0.4 is 10.5 Å². The van der Waals surface area contributed by atoms with Gasteiger partial charge in [-0.05, 0) is 23.8 Å². The molecule has 1 aromatic carbocycles. The third-order valence-corrected chi connectivity index (χ3v) is 2.14. The van der Waals surface area contributed by atoms with Gasteiger partial charge in [-0.15, -0.1) is 0 Å². The van der Waals surface area contributed by atoms with E-state index in [1.807, 2.05) is 0 Å². The Kier molecular flexibility index (Phi) is 3.54. The Morgan fingerprint density at radius 1 is 1.62 bits per heavy atom. The largest absolute Gasteiger partial charge is 0.497 e. The minimum atomic E-state index is -0.456. The first kappa shape index (κ1) is 10.3. The summed E-state index contributed by atoms with van der Waals surface area (Å²) < 4.78 is 5.01. The molecule has 1 aromatic rings. The van der Waals surface area contributed by atoms with E-state index in [1.165, 1.54) is 0 Å². The molecule has 0 aliphatic heterocycles. The van der Waals surface area contributed by atoms with Gasteiger partial charge < -0.3 is 15.6 Å². The molecule has 1 rings (SSSR count). The molecule has 1 atom stereocenters. The van der Waals surface area contributed by atoms with Crippen molar-refractivity contribution in [3.8, 4) is 5.75 Å². The zero-order chi connectivity index (χ0) is 9.84. The molecular formula is C9H12ClNO2. The molecule has 0 saturated heterocycles. The molecule has 0 aromatic heterocycles. The van der Waals surface area contributed by atoms with Crippen molar-refractivity contribution in [1.29, 1.82) is 0 Å². The molecule has 0 aliphatic carbocycles. The van der Waals surface area contributed by atoms with Crippen molar-refractivity contribution in [2.24, 2.45) is 5.73 Å². The molecule has 3 N–H and O–H groups in total. The van der Waals surface area contributed by atoms with E-state index in [2.05, 4.69) is 0 Å². The van der Waals surface area contributed by atoms with E-state index < -0.39 is 6.04 Å². The van der Waals surface area contributed by atoms with Crippen molar-refractivity contribution >= 4 is 11.6 Å². The summed E-state index contributed by atoms with van der Waals surface area (Å²) in [5.74, 6) is 0.684. The molecule has 0 radical (unpaired) electrons. The smallest absolute Gasteiger partial charge is 0.119 e. The number of halogens is 1. The van der Waals surface area contributed by atoms with E-state index in [4.69, 9.17) is 27.2 Å². The standard InChI is InChI=1S/C9H12ClNO2/c1-13-6-2-3-8(10)7(4-6)9(11)5-12/h2-4,9,12H,5,11H2,1H3. The van der Waals surface area contributed by atoms with E-state index in [0.29, 0.717) is 16.3 Å². The normalized spacial score (nSPS) is 12.6. The first-order valence-electron chi connectivity index (χ1n) is 3.89. The van der Waals surface area contributed by atoms with E-state index in [1.54, 1.807) is 25.3 Å². The number of aliphatic hydroxyl groups excluding tert-OH is 1. The second-order valence-electron chi connectivity index (χ2n) is 2.68. The fourth-order valence-corrected chi connectivity index (χ4v) is 1.29. The second-order valence-corrected chi connectivity index (χ2v) is 3.08. The average molecular weight is 202 g/mol. The predicted octanol–water partition coefficient (Wildman–Crippen LogP) is 1.34. The number of benzene rings is 1. The lowest BCUT2D eigenvalue weighted by atomic mass is 10.1. The summed E-state index contributed by atoms with van der Waals surface area (Å²) in [5.41, 5.74) is 6.33. The predicted molar refractivity (Wildman–Crippen MR) is 52.0 cm³/mol. The third kappa shape index (κ3) is 2.34. The lowest BCUT2D eigenvalue weighted by molar-refractivity contribution is 0.267. The summed E-state index contributed by atoms with van der Waals surface area (Å²) in [6.45, 7) is -0.132. The fourth-order valence-electron chi connectivity index (χ4n) is 1.03. The van der Waals surface area contributed by atoms with Gasteiger partial charge in [-0.25, -0.2) is 0 Å². The van der Waals surface area contributed by atoms with Crippen LogP contribution in [0.25, 0.3) is 0 Å². The van der Waals surface area contributed by atoms with Crippen LogP contribution in [0.4, 0.5) is 0 Å². The number of hydrogen-bond donors (Lipinski definition) is 2. The van der Waals surface area contributed by atoms with Gasteiger partial charge in [0.1, 0.15) is 5.75 Å². The van der Waals surface area contributed by atoms with Crippen molar-refractivity contribution in [3.05, 3.63) is 28.8 Å². The summed E-state index contributed by atoms with van der Waals surface area (Å²) in [6.07, 6.45) is 0. The van der Waals surface area contributed by atoms with Crippen LogP contribution in [0.1, 0.15) is 11.6 Å². The number of rotatable bonds is 3. The maximum atomic E-state index is 8.85. The Morgan fingerprint density at radius 3 is 2.85 bits per heavy atom. The van der Waals surface area contributed by atoms with Crippen molar-refractivity contribution in [3.63, 3.8) is 0 Å². The van der Waals surface area contributed by atoms with Crippen LogP contribution in [-0.2, 0) is 0 Å². The zero-order valence-electron chi connectivity index (χ0n) is 7.33. The summed E-state index contributed by atoms with van der Waals surface area (Å²) in [7, 11) is 1.57. The molecule has 0 bridgehead atoms. The average Bonchev–Trinajstić information content (AvgIpc) is 2.17. The first-order chi connectivity index (χ1) is 6.19. The van der Waals surface area contributed by atoms with Crippen molar-refractivity contribution in [2.45, 2.75) is 6.04 Å². The topological polar surface area (TPSA) is 55.5 Å². The second kappa shape index (κ2) is 4.46. The molecule has 4 heteroatoms. The summed E-state index contributed by atoms with van der Waals surface area (Å²) in [4.78, 5) is 0. The van der Waals surface area contributed by atoms with Crippen LogP contribution in [0.15, 0.2) is 18.2 Å². The van der Waals surface area contributed by atoms with Crippen LogP contribution in [0.3, 0.4) is 0 Å². The molecule has 0 spiro atoms. The summed E-state index contributed by atoms with van der Waals surface area (Å²) in [5, 5.41) is 9.40. The van der Waals surface area contributed by atoms with E-state index in [-0.39, 0.29) is 6.61 Å². The number of hydrogen-bond acceptors (Lipinski definition) is 3. The molecule has 0 amide bonds. The van der Waals surface area contributed by atoms with Crippen molar-refractivity contribution in [1.82, 2.24) is 0 Å². The number of ether oxygens (including phenoxy) is 1. The minimum Gasteiger partial charge on any atom is -0.497 e. The Morgan fingerprint density at radius 2 is 2.31 bits per heavy atom. The molecule has 1 unspecified atom stereocenters. The third-order valence-electron chi connectivity index (χ3n) is 1.80. The van der Waals surface area contributed by atoms with Crippen LogP contribution in [0, 0.1) is 0 Å². The highest BCUT2D eigenvalue weighted by Crippen LogP contribution is 2.25. The maximum Gasteiger partial charge on any atom is 0.119 e. The Bertz CT molecular complexity index is 291. The molecule has 13 heavy (non-hydrogen) atoms. The highest BCUT2D eigenvalue weighted by molar-refractivity contribution is 6.31. The lowest BCUT2D eigenvalue weighted by Crippen LogP contribution is -2.14. The Hall–Kier alpha value is -0.770. The lowest BCUT2D eigenvalue weighted by Gasteiger charge is -2.11. The molecule has 72 valence electrons. The Balaban J connectivity index is 3.03. The van der Waals surface area contributed by atoms with E-state index >= 15 is 0 Å². The minimum absolute atomic E-state index is 0.132. The number of nitrogens with two attached hydrogens (primary N) is 1. The van der Waals surface area contributed by atoms with Gasteiger partial charge in [0.15, 0.2) is 0 Å². The highest BCUT2D eigenvalue weighted by Gasteiger charge is 2.09. The van der Waals surface area contributed by atoms with Gasteiger partial charge in [0.25, 0.3) is 0 Å². The Labute approximate surface area is 82.1 Å². The van der Waals surface area contributed by atoms with Crippen molar-refractivity contribution in [2.75, 3.05) is 13.7 Å². The molecule has 0 saturated carbocycles. The molecule has 0 heterocycles. The van der Waals surface area contributed by atoms with Crippen molar-refractivity contribution < 1.29 is 9.84 Å². The summed E-state index contributed by atoms with van der Waals surface area (Å²) >= 11 is 5.88. The van der Waals surface area contributed by atoms with Crippen LogP contribution in [0.5, 0.6) is 5.75 Å². The van der Waals surface area contributed by atoms with Gasteiger partial charge in [0, 0.05) is 5.02 Å². The fraction of sp³-hybridized carbons (Fsp3) is 0.333. The number of aliphatic hydroxyl groups is 1. The van der Waals surface area contributed by atoms with Gasteiger partial charge in [-0.3, -0.25) is 0 Å². The number of methoxy groups -OCH3 is 1. The summed E-state index contributed by atoms with van der Waals surface area (Å²) in [6, 6.07) is 4.72. The van der Waals surface area contributed by atoms with Crippen LogP contribution in [-0.4, -0.2) is 18.8 Å². The zero-order valence-corrected chi connectivity index (χ0v) is 8.08. The quantitative estimate of drug-likeness (QED) is 0.776. The van der Waals surface area contributed by atoms with E-state index in [9.17, 15) is 0 Å². The molecule has 0 aliphatic rings. The van der Waals surface area contributed by atoms with E-state index in [0.717, 1.165) is 0 Å². The van der Waals surface area contributed by atoms with Crippen LogP contribution in [0.2, 0.25) is 5.02 Å². The van der Waals surface area contributed by atoms with Gasteiger partial charge in [-0.2, -0.15) is 0 Å². The van der Waals surface area contributed by atoms with Gasteiger partial charge in [0.2, 0.25) is 0 Å². The van der Waals surface area contributed by atoms with Crippen LogP contribution >= 0.6 is 11.6 Å². The van der Waals surface area contributed by atoms with Gasteiger partial charge in [0.05, 0.1) is 19.8 Å². The molecule has 0 fully saturated rings. The maximum absolute atomic E-state index is 8.85. The molecule has 3 nitrogen and oxygen atoms in total. The van der Waals surface area contributed by atoms with Gasteiger partial charge in [-0.1, -0.05) is 11.6 Å². The van der Waals surface area contributed by atoms with Gasteiger partial charge >= 0.3 is 0 Å².